The van der Waals surface area contributed by atoms with Crippen LogP contribution in [-0.4, -0.2) is 28.2 Å². The van der Waals surface area contributed by atoms with Crippen LogP contribution >= 0.6 is 11.6 Å². The normalized spacial score (nSPS) is 15.1. The third-order valence-electron chi connectivity index (χ3n) is 4.75. The first-order valence-electron chi connectivity index (χ1n) is 8.64. The summed E-state index contributed by atoms with van der Waals surface area (Å²) < 4.78 is 13.1. The first-order valence-corrected chi connectivity index (χ1v) is 9.02. The van der Waals surface area contributed by atoms with Gasteiger partial charge in [0.25, 0.3) is 0 Å². The summed E-state index contributed by atoms with van der Waals surface area (Å²) in [4.78, 5) is 2.39. The highest BCUT2D eigenvalue weighted by Gasteiger charge is 2.16. The van der Waals surface area contributed by atoms with Crippen molar-refractivity contribution in [3.63, 3.8) is 0 Å². The number of aromatic amines is 1. The van der Waals surface area contributed by atoms with E-state index < -0.39 is 0 Å². The molecule has 2 heterocycles. The summed E-state index contributed by atoms with van der Waals surface area (Å²) >= 11 is 5.98. The maximum atomic E-state index is 13.1. The van der Waals surface area contributed by atoms with Gasteiger partial charge < -0.3 is 0 Å². The molecule has 2 aromatic carbocycles. The summed E-state index contributed by atoms with van der Waals surface area (Å²) in [5.74, 6) is -0.193. The van der Waals surface area contributed by atoms with Gasteiger partial charge in [-0.15, -0.1) is 0 Å². The molecule has 3 aromatic rings. The Kier molecular flexibility index (Phi) is 4.87. The molecule has 0 radical (unpaired) electrons. The quantitative estimate of drug-likeness (QED) is 0.690. The zero-order valence-electron chi connectivity index (χ0n) is 14.3. The van der Waals surface area contributed by atoms with Gasteiger partial charge in [0.1, 0.15) is 5.82 Å². The van der Waals surface area contributed by atoms with Crippen LogP contribution in [0.3, 0.4) is 0 Å². The molecule has 1 aliphatic heterocycles. The van der Waals surface area contributed by atoms with Crippen molar-refractivity contribution in [3.05, 3.63) is 82.8 Å². The van der Waals surface area contributed by atoms with E-state index in [4.69, 9.17) is 11.6 Å². The van der Waals surface area contributed by atoms with Crippen LogP contribution in [0, 0.1) is 5.82 Å². The van der Waals surface area contributed by atoms with Crippen molar-refractivity contribution >= 4 is 17.2 Å². The number of nitrogens with zero attached hydrogens (tertiary/aromatic N) is 2. The molecule has 0 aliphatic carbocycles. The van der Waals surface area contributed by atoms with Gasteiger partial charge >= 0.3 is 0 Å². The van der Waals surface area contributed by atoms with Crippen molar-refractivity contribution in [2.45, 2.75) is 13.0 Å². The minimum Gasteiger partial charge on any atom is -0.295 e. The van der Waals surface area contributed by atoms with Crippen molar-refractivity contribution in [2.75, 3.05) is 13.1 Å². The topological polar surface area (TPSA) is 31.9 Å². The third kappa shape index (κ3) is 3.71. The van der Waals surface area contributed by atoms with Gasteiger partial charge in [-0.05, 0) is 47.4 Å². The van der Waals surface area contributed by atoms with Crippen LogP contribution in [0.4, 0.5) is 4.39 Å². The zero-order valence-corrected chi connectivity index (χ0v) is 15.0. The molecule has 3 nitrogen and oxygen atoms in total. The lowest BCUT2D eigenvalue weighted by Gasteiger charge is -2.26. The molecule has 0 saturated carbocycles. The molecule has 0 unspecified atom stereocenters. The highest BCUT2D eigenvalue weighted by molar-refractivity contribution is 6.30. The van der Waals surface area contributed by atoms with Crippen LogP contribution < -0.4 is 0 Å². The molecular weight excluding hydrogens is 349 g/mol. The van der Waals surface area contributed by atoms with E-state index in [1.165, 1.54) is 23.3 Å². The fourth-order valence-corrected chi connectivity index (χ4v) is 3.45. The number of aromatic nitrogens is 2. The molecule has 5 heteroatoms. The fourth-order valence-electron chi connectivity index (χ4n) is 3.32. The van der Waals surface area contributed by atoms with Crippen LogP contribution in [-0.2, 0) is 6.54 Å². The minimum absolute atomic E-state index is 0.193. The zero-order chi connectivity index (χ0) is 17.9. The Hall–Kier alpha value is -2.43. The number of hydrogen-bond acceptors (Lipinski definition) is 2. The lowest BCUT2D eigenvalue weighted by atomic mass is 9.99. The smallest absolute Gasteiger partial charge is 0.123 e. The first kappa shape index (κ1) is 17.0. The molecule has 0 atom stereocenters. The van der Waals surface area contributed by atoms with Gasteiger partial charge in [0, 0.05) is 30.2 Å². The lowest BCUT2D eigenvalue weighted by molar-refractivity contribution is 0.294. The van der Waals surface area contributed by atoms with Crippen LogP contribution in [0.2, 0.25) is 5.02 Å². The number of rotatable bonds is 4. The van der Waals surface area contributed by atoms with Gasteiger partial charge in [0.2, 0.25) is 0 Å². The Balaban J connectivity index is 1.46. The van der Waals surface area contributed by atoms with Crippen LogP contribution in [0.5, 0.6) is 0 Å². The van der Waals surface area contributed by atoms with E-state index in [9.17, 15) is 4.39 Å². The van der Waals surface area contributed by atoms with Crippen LogP contribution in [0.25, 0.3) is 16.8 Å². The van der Waals surface area contributed by atoms with Gasteiger partial charge in [-0.3, -0.25) is 10.00 Å². The number of H-pyrrole nitrogens is 1. The molecular formula is C21H19ClFN3. The van der Waals surface area contributed by atoms with Crippen LogP contribution in [0.1, 0.15) is 17.5 Å². The lowest BCUT2D eigenvalue weighted by Crippen LogP contribution is -2.28. The molecule has 0 saturated heterocycles. The predicted molar refractivity (Wildman–Crippen MR) is 103 cm³/mol. The second-order valence-electron chi connectivity index (χ2n) is 6.50. The minimum atomic E-state index is -0.193. The molecule has 26 heavy (non-hydrogen) atoms. The largest absolute Gasteiger partial charge is 0.295 e. The van der Waals surface area contributed by atoms with E-state index in [0.717, 1.165) is 47.9 Å². The molecule has 0 fully saturated rings. The Labute approximate surface area is 157 Å². The average molecular weight is 368 g/mol. The highest BCUT2D eigenvalue weighted by Crippen LogP contribution is 2.27. The van der Waals surface area contributed by atoms with Gasteiger partial charge in [-0.1, -0.05) is 41.9 Å². The maximum Gasteiger partial charge on any atom is 0.123 e. The summed E-state index contributed by atoms with van der Waals surface area (Å²) in [6.45, 7) is 2.67. The Morgan fingerprint density at radius 3 is 2.46 bits per heavy atom. The predicted octanol–water partition coefficient (Wildman–Crippen LogP) is 5.16. The SMILES string of the molecule is Fc1ccc(C2=CCN(Cc3cn[nH]c3-c3ccc(Cl)cc3)CC2)cc1. The molecule has 0 amide bonds. The van der Waals surface area contributed by atoms with Crippen molar-refractivity contribution in [1.82, 2.24) is 15.1 Å². The second-order valence-corrected chi connectivity index (χ2v) is 6.93. The standard InChI is InChI=1S/C21H19ClFN3/c22-19-5-1-17(2-6-19)21-18(13-24-25-21)14-26-11-9-16(10-12-26)15-3-7-20(23)8-4-15/h1-9,13H,10-12,14H2,(H,24,25). The van der Waals surface area contributed by atoms with E-state index in [2.05, 4.69) is 21.2 Å². The summed E-state index contributed by atoms with van der Waals surface area (Å²) in [5, 5.41) is 8.05. The Morgan fingerprint density at radius 2 is 1.77 bits per heavy atom. The van der Waals surface area contributed by atoms with Crippen molar-refractivity contribution in [1.29, 1.82) is 0 Å². The summed E-state index contributed by atoms with van der Waals surface area (Å²) in [7, 11) is 0. The first-order chi connectivity index (χ1) is 12.7. The highest BCUT2D eigenvalue weighted by atomic mass is 35.5. The molecule has 1 aliphatic rings. The number of hydrogen-bond donors (Lipinski definition) is 1. The molecule has 4 rings (SSSR count). The third-order valence-corrected chi connectivity index (χ3v) is 5.00. The van der Waals surface area contributed by atoms with E-state index in [-0.39, 0.29) is 5.82 Å². The van der Waals surface area contributed by atoms with Crippen LogP contribution in [0.15, 0.2) is 60.8 Å². The number of nitrogens with one attached hydrogen (secondary N) is 1. The van der Waals surface area contributed by atoms with Gasteiger partial charge in [0.15, 0.2) is 0 Å². The Bertz CT molecular complexity index is 913. The van der Waals surface area contributed by atoms with Gasteiger partial charge in [0.05, 0.1) is 11.9 Å². The van der Waals surface area contributed by atoms with E-state index in [0.29, 0.717) is 0 Å². The van der Waals surface area contributed by atoms with Crippen molar-refractivity contribution in [2.24, 2.45) is 0 Å². The van der Waals surface area contributed by atoms with Gasteiger partial charge in [-0.25, -0.2) is 4.39 Å². The molecule has 132 valence electrons. The van der Waals surface area contributed by atoms with Crippen molar-refractivity contribution in [3.8, 4) is 11.3 Å². The maximum absolute atomic E-state index is 13.1. The molecule has 1 aromatic heterocycles. The van der Waals surface area contributed by atoms with E-state index in [1.807, 2.05) is 42.6 Å². The Morgan fingerprint density at radius 1 is 1.04 bits per heavy atom. The van der Waals surface area contributed by atoms with Gasteiger partial charge in [-0.2, -0.15) is 5.10 Å². The number of benzene rings is 2. The fraction of sp³-hybridized carbons (Fsp3) is 0.190. The second kappa shape index (κ2) is 7.44. The summed E-state index contributed by atoms with van der Waals surface area (Å²) in [6.07, 6.45) is 5.09. The summed E-state index contributed by atoms with van der Waals surface area (Å²) in [6, 6.07) is 14.5. The molecule has 0 bridgehead atoms. The number of halogens is 2. The molecule has 0 spiro atoms. The average Bonchev–Trinajstić information content (AvgIpc) is 3.12. The van der Waals surface area contributed by atoms with E-state index in [1.54, 1.807) is 0 Å². The van der Waals surface area contributed by atoms with E-state index >= 15 is 0 Å². The molecule has 1 N–H and O–H groups in total. The summed E-state index contributed by atoms with van der Waals surface area (Å²) in [5.41, 5.74) is 5.69. The monoisotopic (exact) mass is 367 g/mol. The van der Waals surface area contributed by atoms with Crippen molar-refractivity contribution < 1.29 is 4.39 Å².